The number of hydrogen-bond acceptors (Lipinski definition) is 1. The van der Waals surface area contributed by atoms with Crippen LogP contribution in [0, 0.1) is 0 Å². The van der Waals surface area contributed by atoms with Gasteiger partial charge in [-0.2, -0.15) is 0 Å². The van der Waals surface area contributed by atoms with Gasteiger partial charge in [0.15, 0.2) is 0 Å². The molecule has 0 fully saturated rings. The first-order valence-corrected chi connectivity index (χ1v) is 4.67. The summed E-state index contributed by atoms with van der Waals surface area (Å²) >= 11 is 0. The van der Waals surface area contributed by atoms with Gasteiger partial charge in [-0.25, -0.2) is 4.39 Å². The van der Waals surface area contributed by atoms with Crippen molar-refractivity contribution >= 4 is 0 Å². The summed E-state index contributed by atoms with van der Waals surface area (Å²) in [6.07, 6.45) is 2.27. The maximum Gasteiger partial charge on any atom is 0.119 e. The molecule has 1 atom stereocenters. The van der Waals surface area contributed by atoms with E-state index in [1.165, 1.54) is 11.1 Å². The number of aliphatic hydroxyl groups is 1. The second-order valence-electron chi connectivity index (χ2n) is 3.51. The van der Waals surface area contributed by atoms with E-state index in [4.69, 9.17) is 0 Å². The molecule has 1 aliphatic rings. The Morgan fingerprint density at radius 2 is 2.23 bits per heavy atom. The van der Waals surface area contributed by atoms with Crippen LogP contribution in [0.2, 0.25) is 0 Å². The first-order chi connectivity index (χ1) is 6.33. The zero-order valence-corrected chi connectivity index (χ0v) is 7.46. The summed E-state index contributed by atoms with van der Waals surface area (Å²) in [5.41, 5.74) is 3.25. The van der Waals surface area contributed by atoms with Crippen molar-refractivity contribution in [1.82, 2.24) is 0 Å². The molecule has 2 heteroatoms. The maximum atomic E-state index is 12.3. The quantitative estimate of drug-likeness (QED) is 0.739. The summed E-state index contributed by atoms with van der Waals surface area (Å²) in [4.78, 5) is 0. The summed E-state index contributed by atoms with van der Waals surface area (Å²) in [7, 11) is 0. The van der Waals surface area contributed by atoms with Crippen molar-refractivity contribution in [3.63, 3.8) is 0 Å². The van der Waals surface area contributed by atoms with Crippen LogP contribution in [-0.2, 0) is 12.8 Å². The van der Waals surface area contributed by atoms with Crippen molar-refractivity contribution in [2.45, 2.75) is 25.4 Å². The van der Waals surface area contributed by atoms with E-state index in [0.717, 1.165) is 24.8 Å². The van der Waals surface area contributed by atoms with Gasteiger partial charge in [0.25, 0.3) is 0 Å². The van der Waals surface area contributed by atoms with Gasteiger partial charge < -0.3 is 5.11 Å². The van der Waals surface area contributed by atoms with Crippen LogP contribution >= 0.6 is 0 Å². The van der Waals surface area contributed by atoms with Crippen LogP contribution in [0.1, 0.15) is 29.2 Å². The number of aryl methyl sites for hydroxylation is 1. The van der Waals surface area contributed by atoms with E-state index >= 15 is 0 Å². The lowest BCUT2D eigenvalue weighted by atomic mass is 10.00. The molecule has 0 aromatic heterocycles. The molecular weight excluding hydrogens is 167 g/mol. The van der Waals surface area contributed by atoms with Crippen LogP contribution in [0.15, 0.2) is 18.2 Å². The highest BCUT2D eigenvalue weighted by molar-refractivity contribution is 5.39. The Morgan fingerprint density at radius 3 is 3.00 bits per heavy atom. The highest BCUT2D eigenvalue weighted by atomic mass is 19.1. The van der Waals surface area contributed by atoms with Gasteiger partial charge in [-0.05, 0) is 36.0 Å². The number of aliphatic hydroxyl groups excluding tert-OH is 1. The summed E-state index contributed by atoms with van der Waals surface area (Å²) in [5.74, 6) is 0. The molecule has 1 aromatic carbocycles. The van der Waals surface area contributed by atoms with Gasteiger partial charge >= 0.3 is 0 Å². The largest absolute Gasteiger partial charge is 0.386 e. The minimum absolute atomic E-state index is 0.684. The van der Waals surface area contributed by atoms with Crippen molar-refractivity contribution in [1.29, 1.82) is 0 Å². The summed E-state index contributed by atoms with van der Waals surface area (Å²) in [5, 5.41) is 9.42. The van der Waals surface area contributed by atoms with E-state index in [9.17, 15) is 9.50 Å². The molecule has 0 bridgehead atoms. The Kier molecular flexibility index (Phi) is 2.32. The molecule has 2 rings (SSSR count). The molecule has 0 saturated carbocycles. The predicted octanol–water partition coefficient (Wildman–Crippen LogP) is 2.18. The number of hydrogen-bond donors (Lipinski definition) is 1. The van der Waals surface area contributed by atoms with E-state index in [1.807, 2.05) is 12.1 Å². The van der Waals surface area contributed by atoms with Crippen LogP contribution in [0.3, 0.4) is 0 Å². The van der Waals surface area contributed by atoms with E-state index in [1.54, 1.807) is 0 Å². The van der Waals surface area contributed by atoms with Crippen molar-refractivity contribution in [2.24, 2.45) is 0 Å². The summed E-state index contributed by atoms with van der Waals surface area (Å²) in [6, 6.07) is 5.80. The SMILES string of the molecule is OC(CF)c1cccc2c1CCC2. The van der Waals surface area contributed by atoms with E-state index in [0.29, 0.717) is 0 Å². The van der Waals surface area contributed by atoms with Gasteiger partial charge in [0.1, 0.15) is 12.8 Å². The molecular formula is C11H13FO. The Morgan fingerprint density at radius 1 is 1.38 bits per heavy atom. The number of rotatable bonds is 2. The minimum Gasteiger partial charge on any atom is -0.386 e. The molecule has 0 aliphatic heterocycles. The van der Waals surface area contributed by atoms with Gasteiger partial charge in [-0.15, -0.1) is 0 Å². The molecule has 1 aliphatic carbocycles. The standard InChI is InChI=1S/C11H13FO/c12-7-11(13)10-6-2-4-8-3-1-5-9(8)10/h2,4,6,11,13H,1,3,5,7H2. The van der Waals surface area contributed by atoms with Gasteiger partial charge in [-0.3, -0.25) is 0 Å². The molecule has 1 N–H and O–H groups in total. The number of benzene rings is 1. The molecule has 70 valence electrons. The van der Waals surface area contributed by atoms with Crippen molar-refractivity contribution in [3.05, 3.63) is 34.9 Å². The van der Waals surface area contributed by atoms with E-state index in [-0.39, 0.29) is 0 Å². The first kappa shape index (κ1) is 8.70. The normalized spacial score (nSPS) is 17.1. The lowest BCUT2D eigenvalue weighted by Crippen LogP contribution is -2.03. The number of halogens is 1. The third kappa shape index (κ3) is 1.46. The highest BCUT2D eigenvalue weighted by Crippen LogP contribution is 2.29. The Bertz CT molecular complexity index is 309. The molecule has 0 saturated heterocycles. The monoisotopic (exact) mass is 180 g/mol. The number of fused-ring (bicyclic) bond motifs is 1. The molecule has 0 amide bonds. The second kappa shape index (κ2) is 3.46. The molecule has 1 nitrogen and oxygen atoms in total. The lowest BCUT2D eigenvalue weighted by molar-refractivity contribution is 0.141. The molecule has 13 heavy (non-hydrogen) atoms. The van der Waals surface area contributed by atoms with Gasteiger partial charge in [-0.1, -0.05) is 18.2 Å². The van der Waals surface area contributed by atoms with Crippen molar-refractivity contribution in [2.75, 3.05) is 6.67 Å². The molecule has 1 aromatic rings. The Balaban J connectivity index is 2.41. The number of alkyl halides is 1. The maximum absolute atomic E-state index is 12.3. The van der Waals surface area contributed by atoms with Crippen molar-refractivity contribution in [3.8, 4) is 0 Å². The average Bonchev–Trinajstić information content (AvgIpc) is 2.63. The highest BCUT2D eigenvalue weighted by Gasteiger charge is 2.18. The summed E-state index contributed by atoms with van der Waals surface area (Å²) < 4.78 is 12.3. The fourth-order valence-electron chi connectivity index (χ4n) is 2.04. The van der Waals surface area contributed by atoms with Gasteiger partial charge in [0, 0.05) is 0 Å². The van der Waals surface area contributed by atoms with Crippen LogP contribution < -0.4 is 0 Å². The first-order valence-electron chi connectivity index (χ1n) is 4.67. The van der Waals surface area contributed by atoms with Crippen LogP contribution in [0.4, 0.5) is 4.39 Å². The molecule has 0 radical (unpaired) electrons. The lowest BCUT2D eigenvalue weighted by Gasteiger charge is -2.11. The van der Waals surface area contributed by atoms with E-state index in [2.05, 4.69) is 6.07 Å². The zero-order valence-electron chi connectivity index (χ0n) is 7.46. The third-order valence-corrected chi connectivity index (χ3v) is 2.69. The smallest absolute Gasteiger partial charge is 0.119 e. The molecule has 1 unspecified atom stereocenters. The predicted molar refractivity (Wildman–Crippen MR) is 49.4 cm³/mol. The summed E-state index contributed by atoms with van der Waals surface area (Å²) in [6.45, 7) is -0.684. The van der Waals surface area contributed by atoms with Gasteiger partial charge in [0.05, 0.1) is 0 Å². The molecule has 0 heterocycles. The zero-order chi connectivity index (χ0) is 9.26. The fourth-order valence-corrected chi connectivity index (χ4v) is 2.04. The van der Waals surface area contributed by atoms with Gasteiger partial charge in [0.2, 0.25) is 0 Å². The van der Waals surface area contributed by atoms with Crippen LogP contribution in [0.5, 0.6) is 0 Å². The van der Waals surface area contributed by atoms with Crippen molar-refractivity contribution < 1.29 is 9.50 Å². The minimum atomic E-state index is -0.923. The Hall–Kier alpha value is -0.890. The topological polar surface area (TPSA) is 20.2 Å². The third-order valence-electron chi connectivity index (χ3n) is 2.69. The van der Waals surface area contributed by atoms with E-state index < -0.39 is 12.8 Å². The molecule has 0 spiro atoms. The second-order valence-corrected chi connectivity index (χ2v) is 3.51. The van der Waals surface area contributed by atoms with Crippen LogP contribution in [0.25, 0.3) is 0 Å². The fraction of sp³-hybridized carbons (Fsp3) is 0.455. The van der Waals surface area contributed by atoms with Crippen LogP contribution in [-0.4, -0.2) is 11.8 Å². The average molecular weight is 180 g/mol. The Labute approximate surface area is 77.2 Å².